The summed E-state index contributed by atoms with van der Waals surface area (Å²) in [7, 11) is 0. The van der Waals surface area contributed by atoms with Crippen LogP contribution in [0.1, 0.15) is 88.7 Å². The number of hydrogen-bond donors (Lipinski definition) is 0. The Labute approximate surface area is 131 Å². The Balaban J connectivity index is 1.85. The van der Waals surface area contributed by atoms with Crippen LogP contribution in [0.2, 0.25) is 0 Å². The van der Waals surface area contributed by atoms with Crippen molar-refractivity contribution >= 4 is 0 Å². The Morgan fingerprint density at radius 2 is 1.67 bits per heavy atom. The summed E-state index contributed by atoms with van der Waals surface area (Å²) in [5.74, 6) is 8.27. The molecule has 1 aliphatic carbocycles. The molecule has 1 aliphatic rings. The van der Waals surface area contributed by atoms with Crippen molar-refractivity contribution in [1.82, 2.24) is 0 Å². The lowest BCUT2D eigenvalue weighted by Gasteiger charge is -2.28. The summed E-state index contributed by atoms with van der Waals surface area (Å²) in [6.45, 7) is 4.48. The highest BCUT2D eigenvalue weighted by Gasteiger charge is 2.21. The van der Waals surface area contributed by atoms with Crippen molar-refractivity contribution in [3.05, 3.63) is 35.4 Å². The molecule has 1 aromatic rings. The van der Waals surface area contributed by atoms with E-state index in [0.717, 1.165) is 24.7 Å². The van der Waals surface area contributed by atoms with Crippen molar-refractivity contribution in [2.24, 2.45) is 5.92 Å². The lowest BCUT2D eigenvalue weighted by atomic mass is 9.77. The molecular weight excluding hydrogens is 252 g/mol. The van der Waals surface area contributed by atoms with Crippen LogP contribution in [0, 0.1) is 17.8 Å². The van der Waals surface area contributed by atoms with E-state index in [4.69, 9.17) is 0 Å². The minimum atomic E-state index is 0.792. The van der Waals surface area contributed by atoms with E-state index in [1.807, 2.05) is 0 Å². The van der Waals surface area contributed by atoms with E-state index < -0.39 is 0 Å². The van der Waals surface area contributed by atoms with E-state index >= 15 is 0 Å². The summed E-state index contributed by atoms with van der Waals surface area (Å²) >= 11 is 0. The van der Waals surface area contributed by atoms with Crippen LogP contribution in [-0.4, -0.2) is 0 Å². The molecule has 21 heavy (non-hydrogen) atoms. The SMILES string of the molecule is CCCC#Cc1ccc([C@H]2CC[C@H](CCCC)CC2)cc1. The van der Waals surface area contributed by atoms with E-state index in [1.54, 1.807) is 0 Å². The zero-order chi connectivity index (χ0) is 14.9. The van der Waals surface area contributed by atoms with E-state index in [2.05, 4.69) is 50.0 Å². The molecule has 114 valence electrons. The van der Waals surface area contributed by atoms with Crippen molar-refractivity contribution in [2.45, 2.75) is 77.6 Å². The molecule has 1 saturated carbocycles. The number of hydrogen-bond acceptors (Lipinski definition) is 0. The predicted molar refractivity (Wildman–Crippen MR) is 92.5 cm³/mol. The average molecular weight is 282 g/mol. The first-order chi connectivity index (χ1) is 10.3. The Bertz CT molecular complexity index is 449. The molecule has 0 nitrogen and oxygen atoms in total. The monoisotopic (exact) mass is 282 g/mol. The van der Waals surface area contributed by atoms with Crippen LogP contribution >= 0.6 is 0 Å². The maximum absolute atomic E-state index is 3.26. The highest BCUT2D eigenvalue weighted by Crippen LogP contribution is 2.37. The summed E-state index contributed by atoms with van der Waals surface area (Å²) in [5.41, 5.74) is 2.70. The van der Waals surface area contributed by atoms with Gasteiger partial charge in [0.15, 0.2) is 0 Å². The average Bonchev–Trinajstić information content (AvgIpc) is 2.54. The fraction of sp³-hybridized carbons (Fsp3) is 0.619. The first-order valence-corrected chi connectivity index (χ1v) is 8.92. The zero-order valence-corrected chi connectivity index (χ0v) is 13.8. The summed E-state index contributed by atoms with van der Waals surface area (Å²) in [5, 5.41) is 0. The van der Waals surface area contributed by atoms with Gasteiger partial charge in [-0.25, -0.2) is 0 Å². The molecule has 0 N–H and O–H groups in total. The quantitative estimate of drug-likeness (QED) is 0.556. The first-order valence-electron chi connectivity index (χ1n) is 8.92. The van der Waals surface area contributed by atoms with Crippen LogP contribution in [0.5, 0.6) is 0 Å². The topological polar surface area (TPSA) is 0 Å². The van der Waals surface area contributed by atoms with E-state index in [-0.39, 0.29) is 0 Å². The molecule has 0 amide bonds. The van der Waals surface area contributed by atoms with Crippen molar-refractivity contribution in [3.63, 3.8) is 0 Å². The Morgan fingerprint density at radius 1 is 0.952 bits per heavy atom. The lowest BCUT2D eigenvalue weighted by molar-refractivity contribution is 0.304. The Hall–Kier alpha value is -1.22. The van der Waals surface area contributed by atoms with Crippen molar-refractivity contribution in [2.75, 3.05) is 0 Å². The van der Waals surface area contributed by atoms with Crippen LogP contribution in [0.25, 0.3) is 0 Å². The molecule has 1 fully saturated rings. The zero-order valence-electron chi connectivity index (χ0n) is 13.8. The van der Waals surface area contributed by atoms with Gasteiger partial charge in [-0.05, 0) is 61.6 Å². The smallest absolute Gasteiger partial charge is 0.0245 e. The summed E-state index contributed by atoms with van der Waals surface area (Å²) in [6, 6.07) is 9.04. The maximum atomic E-state index is 3.26. The molecule has 0 saturated heterocycles. The number of unbranched alkanes of at least 4 members (excludes halogenated alkanes) is 2. The molecule has 1 aromatic carbocycles. The highest BCUT2D eigenvalue weighted by molar-refractivity contribution is 5.37. The second-order valence-corrected chi connectivity index (χ2v) is 6.53. The number of benzene rings is 1. The third-order valence-corrected chi connectivity index (χ3v) is 4.80. The van der Waals surface area contributed by atoms with E-state index in [1.165, 1.54) is 56.1 Å². The summed E-state index contributed by atoms with van der Waals surface area (Å²) in [6.07, 6.45) is 12.0. The first kappa shape index (κ1) is 16.2. The maximum Gasteiger partial charge on any atom is 0.0245 e. The van der Waals surface area contributed by atoms with Crippen LogP contribution in [0.4, 0.5) is 0 Å². The molecule has 0 bridgehead atoms. The van der Waals surface area contributed by atoms with Crippen LogP contribution in [0.15, 0.2) is 24.3 Å². The molecule has 0 atom stereocenters. The van der Waals surface area contributed by atoms with Gasteiger partial charge in [0.05, 0.1) is 0 Å². The van der Waals surface area contributed by atoms with Crippen molar-refractivity contribution in [1.29, 1.82) is 0 Å². The van der Waals surface area contributed by atoms with Gasteiger partial charge in [0.2, 0.25) is 0 Å². The third kappa shape index (κ3) is 5.24. The standard InChI is InChI=1S/C21H30/c1-3-5-7-9-19-12-16-21(17-13-19)20-14-10-18(11-15-20)8-6-4-2/h12-13,16-18,20H,3-6,8,10-11,14-15H2,1-2H3/t18-,20-. The Morgan fingerprint density at radius 3 is 2.29 bits per heavy atom. The van der Waals surface area contributed by atoms with Gasteiger partial charge in [-0.1, -0.05) is 57.1 Å². The fourth-order valence-electron chi connectivity index (χ4n) is 3.41. The molecule has 0 radical (unpaired) electrons. The number of rotatable bonds is 5. The molecular formula is C21H30. The van der Waals surface area contributed by atoms with Crippen LogP contribution < -0.4 is 0 Å². The van der Waals surface area contributed by atoms with Crippen LogP contribution in [0.3, 0.4) is 0 Å². The molecule has 0 aromatic heterocycles. The van der Waals surface area contributed by atoms with Gasteiger partial charge >= 0.3 is 0 Å². The molecule has 2 rings (SSSR count). The molecule has 0 spiro atoms. The molecule has 0 unspecified atom stereocenters. The van der Waals surface area contributed by atoms with Gasteiger partial charge in [0, 0.05) is 12.0 Å². The molecule has 0 heterocycles. The van der Waals surface area contributed by atoms with Gasteiger partial charge in [0.25, 0.3) is 0 Å². The minimum absolute atomic E-state index is 0.792. The van der Waals surface area contributed by atoms with E-state index in [0.29, 0.717) is 0 Å². The largest absolute Gasteiger partial charge is 0.0979 e. The second-order valence-electron chi connectivity index (χ2n) is 6.53. The second kappa shape index (κ2) is 8.93. The van der Waals surface area contributed by atoms with Gasteiger partial charge < -0.3 is 0 Å². The Kier molecular flexibility index (Phi) is 6.87. The fourth-order valence-corrected chi connectivity index (χ4v) is 3.41. The summed E-state index contributed by atoms with van der Waals surface area (Å²) < 4.78 is 0. The highest BCUT2D eigenvalue weighted by atomic mass is 14.3. The van der Waals surface area contributed by atoms with Crippen molar-refractivity contribution < 1.29 is 0 Å². The van der Waals surface area contributed by atoms with Gasteiger partial charge in [-0.3, -0.25) is 0 Å². The third-order valence-electron chi connectivity index (χ3n) is 4.80. The lowest BCUT2D eigenvalue weighted by Crippen LogP contribution is -2.13. The van der Waals surface area contributed by atoms with Gasteiger partial charge in [0.1, 0.15) is 0 Å². The molecule has 0 aliphatic heterocycles. The minimum Gasteiger partial charge on any atom is -0.0979 e. The van der Waals surface area contributed by atoms with Gasteiger partial charge in [-0.15, -0.1) is 0 Å². The van der Waals surface area contributed by atoms with Gasteiger partial charge in [-0.2, -0.15) is 0 Å². The summed E-state index contributed by atoms with van der Waals surface area (Å²) in [4.78, 5) is 0. The van der Waals surface area contributed by atoms with Crippen molar-refractivity contribution in [3.8, 4) is 11.8 Å². The normalized spacial score (nSPS) is 21.6. The predicted octanol–water partition coefficient (Wildman–Crippen LogP) is 6.30. The van der Waals surface area contributed by atoms with E-state index in [9.17, 15) is 0 Å². The van der Waals surface area contributed by atoms with Crippen LogP contribution in [-0.2, 0) is 0 Å². The molecule has 0 heteroatoms.